The molecule has 1 fully saturated rings. The molecule has 11 nitrogen and oxygen atoms in total. The number of nitro groups is 1. The number of hydrogen-bond acceptors (Lipinski definition) is 9. The monoisotopic (exact) mass is 491 g/mol. The largest absolute Gasteiger partial charge is 0.378 e. The summed E-state index contributed by atoms with van der Waals surface area (Å²) in [5.74, 6) is 1.08. The van der Waals surface area contributed by atoms with Gasteiger partial charge in [-0.05, 0) is 17.9 Å². The van der Waals surface area contributed by atoms with Crippen LogP contribution in [0.1, 0.15) is 17.3 Å². The van der Waals surface area contributed by atoms with E-state index in [0.717, 1.165) is 30.0 Å². The van der Waals surface area contributed by atoms with E-state index >= 15 is 0 Å². The second-order valence-corrected chi connectivity index (χ2v) is 8.81. The van der Waals surface area contributed by atoms with Crippen LogP contribution >= 0.6 is 23.4 Å². The lowest BCUT2D eigenvalue weighted by atomic mass is 10.1. The summed E-state index contributed by atoms with van der Waals surface area (Å²) in [6.45, 7) is 5.32. The van der Waals surface area contributed by atoms with E-state index in [2.05, 4.69) is 20.3 Å². The van der Waals surface area contributed by atoms with E-state index in [-0.39, 0.29) is 22.8 Å². The van der Waals surface area contributed by atoms with Crippen LogP contribution in [0.2, 0.25) is 5.02 Å². The first-order valence-corrected chi connectivity index (χ1v) is 11.8. The number of morpholine rings is 1. The van der Waals surface area contributed by atoms with Gasteiger partial charge in [0.25, 0.3) is 11.6 Å². The van der Waals surface area contributed by atoms with Gasteiger partial charge in [0, 0.05) is 30.7 Å². The number of benzene rings is 1. The van der Waals surface area contributed by atoms with Crippen molar-refractivity contribution in [3.8, 4) is 0 Å². The summed E-state index contributed by atoms with van der Waals surface area (Å²) in [4.78, 5) is 34.7. The molecule has 0 spiro atoms. The molecule has 0 radical (unpaired) electrons. The number of amides is 1. The Morgan fingerprint density at radius 3 is 2.85 bits per heavy atom. The fourth-order valence-electron chi connectivity index (χ4n) is 3.51. The van der Waals surface area contributed by atoms with Gasteiger partial charge in [0.2, 0.25) is 0 Å². The third kappa shape index (κ3) is 5.18. The summed E-state index contributed by atoms with van der Waals surface area (Å²) in [6.07, 6.45) is 1.73. The summed E-state index contributed by atoms with van der Waals surface area (Å²) in [6, 6.07) is 3.88. The molecule has 3 heterocycles. The minimum atomic E-state index is -0.608. The zero-order valence-electron chi connectivity index (χ0n) is 17.9. The Bertz CT molecular complexity index is 1180. The fourth-order valence-corrected chi connectivity index (χ4v) is 4.25. The van der Waals surface area contributed by atoms with Crippen LogP contribution in [-0.4, -0.2) is 69.2 Å². The molecule has 0 saturated carbocycles. The number of carbonyl (C=O) groups is 1. The molecule has 1 amide bonds. The van der Waals surface area contributed by atoms with E-state index in [1.54, 1.807) is 22.6 Å². The average molecular weight is 492 g/mol. The Kier molecular flexibility index (Phi) is 7.26. The molecule has 1 aliphatic rings. The maximum atomic E-state index is 12.6. The summed E-state index contributed by atoms with van der Waals surface area (Å²) < 4.78 is 7.16. The van der Waals surface area contributed by atoms with Crippen LogP contribution in [0.4, 0.5) is 11.5 Å². The number of hydrogen-bond donors (Lipinski definition) is 1. The molecule has 0 bridgehead atoms. The van der Waals surface area contributed by atoms with Gasteiger partial charge >= 0.3 is 0 Å². The van der Waals surface area contributed by atoms with Crippen molar-refractivity contribution in [2.24, 2.45) is 0 Å². The number of nitrogens with zero attached hydrogens (tertiary/aromatic N) is 6. The van der Waals surface area contributed by atoms with Crippen LogP contribution in [0, 0.1) is 10.1 Å². The maximum Gasteiger partial charge on any atom is 0.282 e. The Hall–Kier alpha value is -2.96. The van der Waals surface area contributed by atoms with Gasteiger partial charge in [-0.2, -0.15) is 5.10 Å². The lowest BCUT2D eigenvalue weighted by molar-refractivity contribution is -0.385. The molecule has 1 N–H and O–H groups in total. The number of nitrogens with one attached hydrogen (secondary N) is 1. The van der Waals surface area contributed by atoms with Gasteiger partial charge in [0.15, 0.2) is 10.8 Å². The molecule has 0 unspecified atom stereocenters. The topological polar surface area (TPSA) is 128 Å². The molecule has 33 heavy (non-hydrogen) atoms. The Labute approximate surface area is 198 Å². The molecule has 1 aliphatic heterocycles. The molecule has 4 rings (SSSR count). The number of carbonyl (C=O) groups excluding carboxylic acids is 1. The predicted octanol–water partition coefficient (Wildman–Crippen LogP) is 2.77. The highest BCUT2D eigenvalue weighted by molar-refractivity contribution is 7.99. The van der Waals surface area contributed by atoms with Crippen molar-refractivity contribution >= 4 is 51.8 Å². The Morgan fingerprint density at radius 1 is 1.33 bits per heavy atom. The molecular formula is C20H22ClN7O4S. The van der Waals surface area contributed by atoms with Gasteiger partial charge < -0.3 is 15.0 Å². The highest BCUT2D eigenvalue weighted by atomic mass is 35.5. The van der Waals surface area contributed by atoms with Crippen molar-refractivity contribution in [1.82, 2.24) is 25.1 Å². The maximum absolute atomic E-state index is 12.6. The zero-order chi connectivity index (χ0) is 23.4. The van der Waals surface area contributed by atoms with E-state index in [1.807, 2.05) is 6.92 Å². The van der Waals surface area contributed by atoms with Crippen molar-refractivity contribution in [3.05, 3.63) is 45.1 Å². The van der Waals surface area contributed by atoms with E-state index in [9.17, 15) is 14.9 Å². The van der Waals surface area contributed by atoms with Crippen LogP contribution < -0.4 is 10.2 Å². The second kappa shape index (κ2) is 10.3. The highest BCUT2D eigenvalue weighted by Gasteiger charge is 2.22. The number of ether oxygens (including phenoxy) is 1. The zero-order valence-corrected chi connectivity index (χ0v) is 19.4. The molecule has 174 valence electrons. The standard InChI is InChI=1S/C20H22ClN7O4S/c1-2-33-20-24-17(26-7-9-32-10-8-26)15-12-23-27(18(15)25-20)6-5-22-19(29)14-11-13(21)3-4-16(14)28(30)31/h3-4,11-12H,2,5-10H2,1H3,(H,22,29). The molecule has 1 saturated heterocycles. The number of aromatic nitrogens is 4. The first kappa shape index (κ1) is 23.2. The third-order valence-corrected chi connectivity index (χ3v) is 6.01. The quantitative estimate of drug-likeness (QED) is 0.219. The molecule has 0 aliphatic carbocycles. The fraction of sp³-hybridized carbons (Fsp3) is 0.400. The number of halogens is 1. The summed E-state index contributed by atoms with van der Waals surface area (Å²) >= 11 is 7.47. The summed E-state index contributed by atoms with van der Waals surface area (Å²) in [5, 5.41) is 20.1. The lowest BCUT2D eigenvalue weighted by Crippen LogP contribution is -2.37. The summed E-state index contributed by atoms with van der Waals surface area (Å²) in [7, 11) is 0. The van der Waals surface area contributed by atoms with Crippen LogP contribution in [0.3, 0.4) is 0 Å². The van der Waals surface area contributed by atoms with Crippen LogP contribution in [0.5, 0.6) is 0 Å². The van der Waals surface area contributed by atoms with E-state index in [1.165, 1.54) is 18.2 Å². The number of thioether (sulfide) groups is 1. The normalized spacial score (nSPS) is 13.9. The Balaban J connectivity index is 1.53. The van der Waals surface area contributed by atoms with Crippen LogP contribution in [0.25, 0.3) is 11.0 Å². The minimum Gasteiger partial charge on any atom is -0.378 e. The number of rotatable bonds is 8. The third-order valence-electron chi connectivity index (χ3n) is 5.05. The molecule has 13 heteroatoms. The average Bonchev–Trinajstić information content (AvgIpc) is 3.22. The van der Waals surface area contributed by atoms with Gasteiger partial charge in [-0.25, -0.2) is 14.6 Å². The van der Waals surface area contributed by atoms with Crippen molar-refractivity contribution in [2.45, 2.75) is 18.6 Å². The Morgan fingerprint density at radius 2 is 2.12 bits per heavy atom. The van der Waals surface area contributed by atoms with Crippen LogP contribution in [-0.2, 0) is 11.3 Å². The van der Waals surface area contributed by atoms with Crippen molar-refractivity contribution in [1.29, 1.82) is 0 Å². The van der Waals surface area contributed by atoms with Crippen LogP contribution in [0.15, 0.2) is 29.6 Å². The number of anilines is 1. The number of nitro benzene ring substituents is 1. The summed E-state index contributed by atoms with van der Waals surface area (Å²) in [5.41, 5.74) is 0.285. The number of fused-ring (bicyclic) bond motifs is 1. The molecule has 0 atom stereocenters. The lowest BCUT2D eigenvalue weighted by Gasteiger charge is -2.28. The minimum absolute atomic E-state index is 0.0867. The smallest absolute Gasteiger partial charge is 0.282 e. The van der Waals surface area contributed by atoms with Gasteiger partial charge in [-0.3, -0.25) is 14.9 Å². The molecular weight excluding hydrogens is 470 g/mol. The highest BCUT2D eigenvalue weighted by Crippen LogP contribution is 2.28. The first-order chi connectivity index (χ1) is 16.0. The van der Waals surface area contributed by atoms with E-state index in [0.29, 0.717) is 30.6 Å². The molecule has 2 aromatic heterocycles. The van der Waals surface area contributed by atoms with E-state index < -0.39 is 10.8 Å². The second-order valence-electron chi connectivity index (χ2n) is 7.14. The van der Waals surface area contributed by atoms with Gasteiger partial charge in [-0.15, -0.1) is 0 Å². The van der Waals surface area contributed by atoms with Crippen molar-refractivity contribution in [3.63, 3.8) is 0 Å². The predicted molar refractivity (Wildman–Crippen MR) is 125 cm³/mol. The van der Waals surface area contributed by atoms with Crippen molar-refractivity contribution in [2.75, 3.05) is 43.5 Å². The first-order valence-electron chi connectivity index (χ1n) is 10.4. The SMILES string of the molecule is CCSc1nc(N2CCOCC2)c2cnn(CCNC(=O)c3cc(Cl)ccc3[N+](=O)[O-])c2n1. The molecule has 3 aromatic rings. The van der Waals surface area contributed by atoms with E-state index in [4.69, 9.17) is 21.3 Å². The van der Waals surface area contributed by atoms with Crippen molar-refractivity contribution < 1.29 is 14.5 Å². The van der Waals surface area contributed by atoms with Gasteiger partial charge in [0.1, 0.15) is 11.4 Å². The molecule has 1 aromatic carbocycles. The van der Waals surface area contributed by atoms with Gasteiger partial charge in [0.05, 0.1) is 36.3 Å². The van der Waals surface area contributed by atoms with Gasteiger partial charge in [-0.1, -0.05) is 30.3 Å².